The number of aromatic nitrogens is 1. The van der Waals surface area contributed by atoms with Crippen molar-refractivity contribution in [3.63, 3.8) is 0 Å². The van der Waals surface area contributed by atoms with Gasteiger partial charge in [-0.1, -0.05) is 36.4 Å². The summed E-state index contributed by atoms with van der Waals surface area (Å²) in [7, 11) is 0. The van der Waals surface area contributed by atoms with Gasteiger partial charge in [-0.15, -0.1) is 22.7 Å². The van der Waals surface area contributed by atoms with E-state index in [1.165, 1.54) is 15.3 Å². The van der Waals surface area contributed by atoms with Crippen LogP contribution in [0.2, 0.25) is 0 Å². The van der Waals surface area contributed by atoms with E-state index < -0.39 is 0 Å². The van der Waals surface area contributed by atoms with E-state index in [0.717, 1.165) is 36.7 Å². The van der Waals surface area contributed by atoms with E-state index in [1.54, 1.807) is 0 Å². The maximum atomic E-state index is 6.06. The maximum Gasteiger partial charge on any atom is 0.209 e. The van der Waals surface area contributed by atoms with Gasteiger partial charge in [0.25, 0.3) is 0 Å². The van der Waals surface area contributed by atoms with E-state index in [1.807, 2.05) is 47.1 Å². The summed E-state index contributed by atoms with van der Waals surface area (Å²) in [6.45, 7) is 1.75. The number of hydrogen-bond donors (Lipinski definition) is 0. The van der Waals surface area contributed by atoms with Gasteiger partial charge < -0.3 is 4.42 Å². The molecule has 0 N–H and O–H groups in total. The lowest BCUT2D eigenvalue weighted by atomic mass is 9.98. The molecular weight excluding hydrogens is 360 g/mol. The number of thiophene rings is 2. The molecule has 5 rings (SSSR count). The molecule has 1 aromatic carbocycles. The molecule has 130 valence electrons. The van der Waals surface area contributed by atoms with Crippen molar-refractivity contribution in [1.29, 1.82) is 0 Å². The van der Waals surface area contributed by atoms with Crippen molar-refractivity contribution < 1.29 is 4.42 Å². The summed E-state index contributed by atoms with van der Waals surface area (Å²) in [5.74, 6) is 1.62. The number of nitrogens with zero attached hydrogens (tertiary/aromatic N) is 2. The molecule has 26 heavy (non-hydrogen) atoms. The maximum absolute atomic E-state index is 6.06. The monoisotopic (exact) mass is 378 g/mol. The third-order valence-electron chi connectivity index (χ3n) is 4.83. The zero-order valence-corrected chi connectivity index (χ0v) is 15.8. The minimum atomic E-state index is 0.303. The van der Waals surface area contributed by atoms with Crippen molar-refractivity contribution in [1.82, 2.24) is 9.88 Å². The van der Waals surface area contributed by atoms with Crippen molar-refractivity contribution in [2.24, 2.45) is 0 Å². The molecule has 1 aliphatic heterocycles. The Bertz CT molecular complexity index is 988. The second-order valence-corrected chi connectivity index (χ2v) is 8.40. The van der Waals surface area contributed by atoms with Crippen LogP contribution >= 0.6 is 22.7 Å². The van der Waals surface area contributed by atoms with Gasteiger partial charge in [-0.3, -0.25) is 4.90 Å². The van der Waals surface area contributed by atoms with Gasteiger partial charge in [-0.25, -0.2) is 4.98 Å². The zero-order chi connectivity index (χ0) is 17.3. The molecule has 3 aromatic heterocycles. The van der Waals surface area contributed by atoms with Crippen molar-refractivity contribution in [3.05, 3.63) is 86.7 Å². The van der Waals surface area contributed by atoms with Gasteiger partial charge in [0.05, 0.1) is 18.8 Å². The van der Waals surface area contributed by atoms with Crippen LogP contribution in [-0.2, 0) is 13.0 Å². The highest BCUT2D eigenvalue weighted by Gasteiger charge is 2.31. The van der Waals surface area contributed by atoms with Crippen molar-refractivity contribution in [3.8, 4) is 11.3 Å². The largest absolute Gasteiger partial charge is 0.439 e. The standard InChI is InChI=1S/C21H18N2OS2/c1-2-5-15(6-3-1)17-13-22-20(24-17)14-23-10-8-18-16(9-12-26-18)21(23)19-7-4-11-25-19/h1-7,9,11-13,21H,8,10,14H2/t21-/m1/s1. The predicted octanol–water partition coefficient (Wildman–Crippen LogP) is 5.61. The number of hydrogen-bond acceptors (Lipinski definition) is 5. The Morgan fingerprint density at radius 2 is 1.96 bits per heavy atom. The van der Waals surface area contributed by atoms with Crippen molar-refractivity contribution >= 4 is 22.7 Å². The molecule has 5 heteroatoms. The first kappa shape index (κ1) is 16.0. The normalized spacial score (nSPS) is 17.3. The van der Waals surface area contributed by atoms with Gasteiger partial charge in [0.15, 0.2) is 5.76 Å². The molecule has 0 spiro atoms. The third kappa shape index (κ3) is 2.92. The zero-order valence-electron chi connectivity index (χ0n) is 14.2. The summed E-state index contributed by atoms with van der Waals surface area (Å²) < 4.78 is 6.06. The molecule has 0 saturated heterocycles. The summed E-state index contributed by atoms with van der Waals surface area (Å²) in [4.78, 5) is 9.93. The molecule has 0 aliphatic carbocycles. The SMILES string of the molecule is c1ccc(-c2cnc(CN3CCc4sccc4[C@@H]3c3cccs3)o2)cc1. The molecule has 0 amide bonds. The highest BCUT2D eigenvalue weighted by molar-refractivity contribution is 7.10. The number of oxazole rings is 1. The second-order valence-electron chi connectivity index (χ2n) is 6.42. The molecular formula is C21H18N2OS2. The first-order chi connectivity index (χ1) is 12.9. The van der Waals surface area contributed by atoms with E-state index in [9.17, 15) is 0 Å². The number of benzene rings is 1. The molecule has 1 atom stereocenters. The quantitative estimate of drug-likeness (QED) is 0.462. The van der Waals surface area contributed by atoms with Gasteiger partial charge in [0, 0.05) is 21.9 Å². The number of fused-ring (bicyclic) bond motifs is 1. The van der Waals surface area contributed by atoms with Crippen LogP contribution in [0, 0.1) is 0 Å². The summed E-state index contributed by atoms with van der Waals surface area (Å²) in [6.07, 6.45) is 2.94. The Morgan fingerprint density at radius 1 is 1.04 bits per heavy atom. The highest BCUT2D eigenvalue weighted by atomic mass is 32.1. The third-order valence-corrected chi connectivity index (χ3v) is 6.75. The van der Waals surface area contributed by atoms with E-state index in [0.29, 0.717) is 6.04 Å². The van der Waals surface area contributed by atoms with Crippen LogP contribution in [0.4, 0.5) is 0 Å². The van der Waals surface area contributed by atoms with Gasteiger partial charge in [-0.05, 0) is 34.9 Å². The van der Waals surface area contributed by atoms with Crippen LogP contribution in [0.25, 0.3) is 11.3 Å². The lowest BCUT2D eigenvalue weighted by Crippen LogP contribution is -2.34. The lowest BCUT2D eigenvalue weighted by Gasteiger charge is -2.34. The van der Waals surface area contributed by atoms with Crippen LogP contribution < -0.4 is 0 Å². The molecule has 0 bridgehead atoms. The van der Waals surface area contributed by atoms with Crippen LogP contribution in [0.3, 0.4) is 0 Å². The van der Waals surface area contributed by atoms with E-state index >= 15 is 0 Å². The molecule has 0 saturated carbocycles. The Morgan fingerprint density at radius 3 is 2.81 bits per heavy atom. The van der Waals surface area contributed by atoms with Crippen LogP contribution in [0.5, 0.6) is 0 Å². The molecule has 3 nitrogen and oxygen atoms in total. The van der Waals surface area contributed by atoms with E-state index in [4.69, 9.17) is 4.42 Å². The molecule has 0 radical (unpaired) electrons. The highest BCUT2D eigenvalue weighted by Crippen LogP contribution is 2.40. The minimum absolute atomic E-state index is 0.303. The summed E-state index contributed by atoms with van der Waals surface area (Å²) in [6, 6.07) is 17.1. The average Bonchev–Trinajstić information content (AvgIpc) is 3.44. The first-order valence-corrected chi connectivity index (χ1v) is 10.5. The first-order valence-electron chi connectivity index (χ1n) is 8.72. The molecule has 4 aromatic rings. The Kier molecular flexibility index (Phi) is 4.21. The fourth-order valence-corrected chi connectivity index (χ4v) is 5.39. The van der Waals surface area contributed by atoms with Gasteiger partial charge in [0.1, 0.15) is 0 Å². The van der Waals surface area contributed by atoms with Gasteiger partial charge >= 0.3 is 0 Å². The topological polar surface area (TPSA) is 29.3 Å². The smallest absolute Gasteiger partial charge is 0.209 e. The summed E-state index contributed by atoms with van der Waals surface area (Å²) in [5, 5.41) is 4.38. The van der Waals surface area contributed by atoms with Crippen molar-refractivity contribution in [2.45, 2.75) is 19.0 Å². The second kappa shape index (κ2) is 6.83. The van der Waals surface area contributed by atoms with Crippen LogP contribution in [0.15, 0.2) is 69.9 Å². The predicted molar refractivity (Wildman–Crippen MR) is 107 cm³/mol. The Labute approximate surface area is 160 Å². The Balaban J connectivity index is 1.44. The fraction of sp³-hybridized carbons (Fsp3) is 0.190. The Hall–Kier alpha value is -2.21. The van der Waals surface area contributed by atoms with Gasteiger partial charge in [0.2, 0.25) is 5.89 Å². The molecule has 0 fully saturated rings. The van der Waals surface area contributed by atoms with Crippen molar-refractivity contribution in [2.75, 3.05) is 6.54 Å². The van der Waals surface area contributed by atoms with Crippen LogP contribution in [-0.4, -0.2) is 16.4 Å². The fourth-order valence-electron chi connectivity index (χ4n) is 3.61. The number of rotatable bonds is 4. The summed E-state index contributed by atoms with van der Waals surface area (Å²) >= 11 is 3.70. The van der Waals surface area contributed by atoms with E-state index in [-0.39, 0.29) is 0 Å². The lowest BCUT2D eigenvalue weighted by molar-refractivity contribution is 0.190. The van der Waals surface area contributed by atoms with E-state index in [2.05, 4.69) is 51.0 Å². The molecule has 1 aliphatic rings. The molecule has 0 unspecified atom stereocenters. The molecule has 4 heterocycles. The summed E-state index contributed by atoms with van der Waals surface area (Å²) in [5.41, 5.74) is 2.51. The van der Waals surface area contributed by atoms with Gasteiger partial charge in [-0.2, -0.15) is 0 Å². The minimum Gasteiger partial charge on any atom is -0.439 e. The van der Waals surface area contributed by atoms with Crippen LogP contribution in [0.1, 0.15) is 27.3 Å². The average molecular weight is 379 g/mol.